The van der Waals surface area contributed by atoms with Crippen molar-refractivity contribution in [1.29, 1.82) is 0 Å². The number of hydrogen-bond donors (Lipinski definition) is 0. The average molecular weight is 655 g/mol. The van der Waals surface area contributed by atoms with E-state index in [1.165, 1.54) is 0 Å². The van der Waals surface area contributed by atoms with Gasteiger partial charge in [0.2, 0.25) is 11.6 Å². The predicted octanol–water partition coefficient (Wildman–Crippen LogP) is 7.25. The van der Waals surface area contributed by atoms with Crippen LogP contribution in [0.3, 0.4) is 0 Å². The lowest BCUT2D eigenvalue weighted by molar-refractivity contribution is 0.00696. The smallest absolute Gasteiger partial charge is 0.338 e. The number of imidazole rings is 1. The number of rotatable bonds is 10. The number of oxazole rings is 1. The summed E-state index contributed by atoms with van der Waals surface area (Å²) < 4.78 is 25.4. The Morgan fingerprint density at radius 1 is 1.06 bits per heavy atom. The summed E-state index contributed by atoms with van der Waals surface area (Å²) in [6.07, 6.45) is 6.61. The zero-order valence-electron chi connectivity index (χ0n) is 26.5. The number of carbonyl (C=O) groups is 1. The molecule has 1 aliphatic heterocycles. The summed E-state index contributed by atoms with van der Waals surface area (Å²) in [4.78, 5) is 32.3. The molecule has 0 N–H and O–H groups in total. The normalized spacial score (nSPS) is 14.2. The van der Waals surface area contributed by atoms with Crippen LogP contribution >= 0.6 is 11.6 Å². The van der Waals surface area contributed by atoms with Gasteiger partial charge < -0.3 is 23.2 Å². The first-order valence-corrected chi connectivity index (χ1v) is 15.8. The molecule has 2 aromatic carbocycles. The van der Waals surface area contributed by atoms with Crippen LogP contribution in [0.1, 0.15) is 61.4 Å². The van der Waals surface area contributed by atoms with Gasteiger partial charge >= 0.3 is 5.97 Å². The van der Waals surface area contributed by atoms with Gasteiger partial charge in [-0.25, -0.2) is 19.6 Å². The van der Waals surface area contributed by atoms with Gasteiger partial charge in [-0.2, -0.15) is 0 Å². The monoisotopic (exact) mass is 654 g/mol. The number of benzene rings is 2. The van der Waals surface area contributed by atoms with Gasteiger partial charge in [-0.3, -0.25) is 9.88 Å². The molecule has 0 radical (unpaired) electrons. The van der Waals surface area contributed by atoms with Crippen molar-refractivity contribution < 1.29 is 23.4 Å². The van der Waals surface area contributed by atoms with E-state index < -0.39 is 5.60 Å². The molecule has 5 aromatic rings. The number of likely N-dealkylation sites (tertiary alicyclic amines) is 1. The van der Waals surface area contributed by atoms with Crippen molar-refractivity contribution in [3.05, 3.63) is 107 Å². The van der Waals surface area contributed by atoms with Gasteiger partial charge in [-0.15, -0.1) is 0 Å². The second-order valence-electron chi connectivity index (χ2n) is 12.3. The zero-order chi connectivity index (χ0) is 33.0. The lowest BCUT2D eigenvalue weighted by atomic mass is 10.1. The van der Waals surface area contributed by atoms with Crippen molar-refractivity contribution in [1.82, 2.24) is 24.4 Å². The highest BCUT2D eigenvalue weighted by atomic mass is 35.5. The molecular weight excluding hydrogens is 620 g/mol. The molecule has 12 heteroatoms. The zero-order valence-corrected chi connectivity index (χ0v) is 27.2. The van der Waals surface area contributed by atoms with Crippen LogP contribution in [-0.2, 0) is 24.4 Å². The van der Waals surface area contributed by atoms with Gasteiger partial charge in [-0.05, 0) is 76.1 Å². The number of fused-ring (bicyclic) bond motifs is 1. The molecule has 4 heterocycles. The lowest BCUT2D eigenvalue weighted by Gasteiger charge is -2.32. The molecule has 0 saturated carbocycles. The summed E-state index contributed by atoms with van der Waals surface area (Å²) >= 11 is 6.00. The van der Waals surface area contributed by atoms with E-state index in [-0.39, 0.29) is 18.7 Å². The molecule has 0 unspecified atom stereocenters. The molecule has 0 amide bonds. The van der Waals surface area contributed by atoms with Crippen LogP contribution in [0.2, 0.25) is 5.02 Å². The molecular formula is C35H35ClN6O5. The van der Waals surface area contributed by atoms with Gasteiger partial charge in [0.15, 0.2) is 0 Å². The maximum Gasteiger partial charge on any atom is 0.338 e. The Kier molecular flexibility index (Phi) is 9.43. The number of carbonyl (C=O) groups excluding carboxylic acids is 1. The highest BCUT2D eigenvalue weighted by molar-refractivity contribution is 6.30. The first-order chi connectivity index (χ1) is 22.6. The van der Waals surface area contributed by atoms with Gasteiger partial charge in [-0.1, -0.05) is 11.6 Å². The molecule has 242 valence electrons. The number of hydrogen-bond acceptors (Lipinski definition) is 9. The molecule has 1 saturated heterocycles. The standard InChI is InChI=1S/C35H35ClN6O5/c1-35(2,3)47-34(43)23-5-7-28-30(17-23)42(21-33-39-13-16-44-33)32(40-28)20-41-14-10-26(11-15-41)46-27-9-12-38-25(19-27)22-45-31-8-6-24(36)18-29(31)37-4/h5-9,12-13,16-19,26H,10-11,14-15,20-22H2,1-3H3. The van der Waals surface area contributed by atoms with Crippen molar-refractivity contribution in [2.75, 3.05) is 13.1 Å². The molecule has 0 spiro atoms. The first kappa shape index (κ1) is 32.0. The lowest BCUT2D eigenvalue weighted by Crippen LogP contribution is -2.38. The van der Waals surface area contributed by atoms with E-state index >= 15 is 0 Å². The van der Waals surface area contributed by atoms with Crippen molar-refractivity contribution in [2.45, 2.75) is 65.0 Å². The number of piperidine rings is 1. The number of aromatic nitrogens is 4. The first-order valence-electron chi connectivity index (χ1n) is 15.4. The molecule has 47 heavy (non-hydrogen) atoms. The fraction of sp³-hybridized carbons (Fsp3) is 0.343. The summed E-state index contributed by atoms with van der Waals surface area (Å²) in [6, 6.07) is 14.1. The number of nitrogens with zero attached hydrogens (tertiary/aromatic N) is 6. The molecule has 3 aromatic heterocycles. The summed E-state index contributed by atoms with van der Waals surface area (Å²) in [5.74, 6) is 2.23. The third-order valence-corrected chi connectivity index (χ3v) is 7.88. The Morgan fingerprint density at radius 2 is 1.89 bits per heavy atom. The fourth-order valence-corrected chi connectivity index (χ4v) is 5.60. The van der Waals surface area contributed by atoms with Crippen molar-refractivity contribution in [3.63, 3.8) is 0 Å². The topological polar surface area (TPSA) is 109 Å². The number of halogens is 1. The van der Waals surface area contributed by atoms with Gasteiger partial charge in [0.05, 0.1) is 41.6 Å². The van der Waals surface area contributed by atoms with Crippen molar-refractivity contribution >= 4 is 34.3 Å². The molecule has 6 rings (SSSR count). The summed E-state index contributed by atoms with van der Waals surface area (Å²) in [5, 5.41) is 0.488. The van der Waals surface area contributed by atoms with E-state index in [4.69, 9.17) is 41.8 Å². The SMILES string of the molecule is [C-]#[N+]c1cc(Cl)ccc1OCc1cc(OC2CCN(Cc3nc4ccc(C(=O)OC(C)(C)C)cc4n3Cc3ncco3)CC2)ccn1. The van der Waals surface area contributed by atoms with E-state index in [0.29, 0.717) is 46.7 Å². The highest BCUT2D eigenvalue weighted by Crippen LogP contribution is 2.31. The molecule has 1 fully saturated rings. The minimum absolute atomic E-state index is 0.0509. The van der Waals surface area contributed by atoms with E-state index in [1.807, 2.05) is 45.0 Å². The Morgan fingerprint density at radius 3 is 2.64 bits per heavy atom. The second-order valence-corrected chi connectivity index (χ2v) is 12.8. The number of ether oxygens (including phenoxy) is 3. The second kappa shape index (κ2) is 13.8. The molecule has 11 nitrogen and oxygen atoms in total. The maximum atomic E-state index is 12.8. The van der Waals surface area contributed by atoms with Gasteiger partial charge in [0.1, 0.15) is 48.4 Å². The van der Waals surface area contributed by atoms with E-state index in [1.54, 1.807) is 42.9 Å². The van der Waals surface area contributed by atoms with Crippen LogP contribution in [0.25, 0.3) is 15.9 Å². The molecule has 0 aliphatic carbocycles. The molecule has 0 atom stereocenters. The largest absolute Gasteiger partial charge is 0.498 e. The molecule has 0 bridgehead atoms. The van der Waals surface area contributed by atoms with Crippen LogP contribution in [0.5, 0.6) is 11.5 Å². The Hall–Kier alpha value is -4.92. The summed E-state index contributed by atoms with van der Waals surface area (Å²) in [7, 11) is 0. The van der Waals surface area contributed by atoms with E-state index in [2.05, 4.69) is 24.3 Å². The van der Waals surface area contributed by atoms with E-state index in [9.17, 15) is 4.79 Å². The minimum Gasteiger partial charge on any atom is -0.498 e. The molecule has 1 aliphatic rings. The third-order valence-electron chi connectivity index (χ3n) is 7.65. The van der Waals surface area contributed by atoms with E-state index in [0.717, 1.165) is 48.5 Å². The third kappa shape index (κ3) is 8.09. The van der Waals surface area contributed by atoms with Crippen molar-refractivity contribution in [3.8, 4) is 11.5 Å². The van der Waals surface area contributed by atoms with Gasteiger partial charge in [0, 0.05) is 30.4 Å². The predicted molar refractivity (Wildman–Crippen MR) is 176 cm³/mol. The Balaban J connectivity index is 1.10. The maximum absolute atomic E-state index is 12.8. The fourth-order valence-electron chi connectivity index (χ4n) is 5.44. The van der Waals surface area contributed by atoms with Crippen LogP contribution < -0.4 is 9.47 Å². The van der Waals surface area contributed by atoms with Crippen LogP contribution in [-0.4, -0.2) is 55.2 Å². The summed E-state index contributed by atoms with van der Waals surface area (Å²) in [5.41, 5.74) is 2.53. The Bertz CT molecular complexity index is 1900. The summed E-state index contributed by atoms with van der Waals surface area (Å²) in [6.45, 7) is 15.8. The highest BCUT2D eigenvalue weighted by Gasteiger charge is 2.24. The minimum atomic E-state index is -0.596. The van der Waals surface area contributed by atoms with Crippen LogP contribution in [0.4, 0.5) is 5.69 Å². The number of esters is 1. The quantitative estimate of drug-likeness (QED) is 0.114. The van der Waals surface area contributed by atoms with Crippen LogP contribution in [0.15, 0.2) is 71.6 Å². The van der Waals surface area contributed by atoms with Gasteiger partial charge in [0.25, 0.3) is 0 Å². The average Bonchev–Trinajstić information content (AvgIpc) is 3.68. The van der Waals surface area contributed by atoms with Crippen molar-refractivity contribution in [2.24, 2.45) is 0 Å². The number of pyridine rings is 1. The Labute approximate surface area is 277 Å². The van der Waals surface area contributed by atoms with Crippen LogP contribution in [0, 0.1) is 6.57 Å².